The van der Waals surface area contributed by atoms with E-state index in [-0.39, 0.29) is 5.91 Å². The summed E-state index contributed by atoms with van der Waals surface area (Å²) in [4.78, 5) is 21.4. The predicted molar refractivity (Wildman–Crippen MR) is 101 cm³/mol. The Morgan fingerprint density at radius 2 is 1.81 bits per heavy atom. The van der Waals surface area contributed by atoms with Gasteiger partial charge < -0.3 is 4.74 Å². The van der Waals surface area contributed by atoms with E-state index in [0.29, 0.717) is 16.4 Å². The summed E-state index contributed by atoms with van der Waals surface area (Å²) in [5.74, 6) is 0.308. The fourth-order valence-electron chi connectivity index (χ4n) is 2.50. The van der Waals surface area contributed by atoms with Crippen LogP contribution in [-0.2, 0) is 6.42 Å². The molecule has 8 heteroatoms. The zero-order valence-electron chi connectivity index (χ0n) is 15.0. The topological polar surface area (TPSA) is 89.9 Å². The molecular weight excluding hydrogens is 350 g/mol. The zero-order valence-corrected chi connectivity index (χ0v) is 15.8. The SMILES string of the molecule is CCc1nnc(NC(=O)c2cnc(C)cc2-c2cc(C)ncc2OC)s1. The van der Waals surface area contributed by atoms with Gasteiger partial charge in [-0.1, -0.05) is 18.3 Å². The normalized spacial score (nSPS) is 10.6. The molecule has 0 bridgehead atoms. The Morgan fingerprint density at radius 3 is 2.46 bits per heavy atom. The van der Waals surface area contributed by atoms with Gasteiger partial charge in [-0.15, -0.1) is 10.2 Å². The molecule has 0 aliphatic rings. The van der Waals surface area contributed by atoms with Gasteiger partial charge in [-0.25, -0.2) is 0 Å². The minimum absolute atomic E-state index is 0.289. The zero-order chi connectivity index (χ0) is 18.7. The predicted octanol–water partition coefficient (Wildman–Crippen LogP) is 3.44. The Balaban J connectivity index is 2.03. The van der Waals surface area contributed by atoms with Crippen LogP contribution in [0, 0.1) is 13.8 Å². The van der Waals surface area contributed by atoms with Crippen molar-refractivity contribution in [1.82, 2.24) is 20.2 Å². The van der Waals surface area contributed by atoms with Gasteiger partial charge in [0.05, 0.1) is 18.9 Å². The number of amides is 1. The lowest BCUT2D eigenvalue weighted by atomic mass is 9.99. The van der Waals surface area contributed by atoms with E-state index >= 15 is 0 Å². The molecule has 1 amide bonds. The summed E-state index contributed by atoms with van der Waals surface area (Å²) in [5.41, 5.74) is 3.60. The van der Waals surface area contributed by atoms with Crippen LogP contribution in [0.3, 0.4) is 0 Å². The van der Waals surface area contributed by atoms with Crippen LogP contribution in [-0.4, -0.2) is 33.2 Å². The summed E-state index contributed by atoms with van der Waals surface area (Å²) in [6.45, 7) is 5.76. The number of hydrogen-bond acceptors (Lipinski definition) is 7. The number of methoxy groups -OCH3 is 1. The summed E-state index contributed by atoms with van der Waals surface area (Å²) in [6, 6.07) is 3.76. The highest BCUT2D eigenvalue weighted by atomic mass is 32.1. The number of hydrogen-bond donors (Lipinski definition) is 1. The fourth-order valence-corrected chi connectivity index (χ4v) is 3.17. The number of aromatic nitrogens is 4. The first kappa shape index (κ1) is 17.9. The van der Waals surface area contributed by atoms with Crippen molar-refractivity contribution in [3.8, 4) is 16.9 Å². The van der Waals surface area contributed by atoms with E-state index in [0.717, 1.165) is 33.9 Å². The van der Waals surface area contributed by atoms with E-state index in [9.17, 15) is 4.79 Å². The highest BCUT2D eigenvalue weighted by Gasteiger charge is 2.19. The van der Waals surface area contributed by atoms with Crippen molar-refractivity contribution in [2.75, 3.05) is 12.4 Å². The first-order valence-electron chi connectivity index (χ1n) is 8.13. The lowest BCUT2D eigenvalue weighted by Gasteiger charge is -2.13. The van der Waals surface area contributed by atoms with Crippen LogP contribution in [0.4, 0.5) is 5.13 Å². The van der Waals surface area contributed by atoms with Gasteiger partial charge in [-0.3, -0.25) is 20.1 Å². The third-order valence-corrected chi connectivity index (χ3v) is 4.77. The second-order valence-electron chi connectivity index (χ2n) is 5.71. The highest BCUT2D eigenvalue weighted by Crippen LogP contribution is 2.33. The first-order valence-corrected chi connectivity index (χ1v) is 8.94. The number of rotatable bonds is 5. The van der Waals surface area contributed by atoms with E-state index in [1.165, 1.54) is 11.3 Å². The maximum absolute atomic E-state index is 12.8. The van der Waals surface area contributed by atoms with Crippen molar-refractivity contribution in [2.24, 2.45) is 0 Å². The summed E-state index contributed by atoms with van der Waals surface area (Å²) in [6.07, 6.45) is 4.00. The molecule has 0 saturated heterocycles. The molecule has 26 heavy (non-hydrogen) atoms. The molecule has 0 fully saturated rings. The van der Waals surface area contributed by atoms with Gasteiger partial charge in [-0.2, -0.15) is 0 Å². The molecule has 3 heterocycles. The summed E-state index contributed by atoms with van der Waals surface area (Å²) >= 11 is 1.36. The van der Waals surface area contributed by atoms with Crippen molar-refractivity contribution in [3.05, 3.63) is 46.5 Å². The number of carbonyl (C=O) groups excluding carboxylic acids is 1. The number of pyridine rings is 2. The maximum Gasteiger partial charge on any atom is 0.259 e. The molecule has 0 unspecified atom stereocenters. The summed E-state index contributed by atoms with van der Waals surface area (Å²) in [5, 5.41) is 12.2. The second-order valence-corrected chi connectivity index (χ2v) is 6.77. The standard InChI is InChI=1S/C18H19N5O2S/c1-5-16-22-23-18(26-16)21-17(24)14-8-19-10(2)6-12(14)13-7-11(3)20-9-15(13)25-4/h6-9H,5H2,1-4H3,(H,21,23,24). The minimum Gasteiger partial charge on any atom is -0.494 e. The van der Waals surface area contributed by atoms with E-state index in [1.54, 1.807) is 19.5 Å². The molecule has 0 aliphatic heterocycles. The van der Waals surface area contributed by atoms with Crippen LogP contribution in [0.25, 0.3) is 11.1 Å². The molecule has 0 atom stereocenters. The van der Waals surface area contributed by atoms with E-state index in [1.807, 2.05) is 32.9 Å². The largest absolute Gasteiger partial charge is 0.494 e. The number of carbonyl (C=O) groups is 1. The van der Waals surface area contributed by atoms with E-state index in [4.69, 9.17) is 4.74 Å². The smallest absolute Gasteiger partial charge is 0.259 e. The van der Waals surface area contributed by atoms with Crippen molar-refractivity contribution >= 4 is 22.4 Å². The van der Waals surface area contributed by atoms with Crippen LogP contribution in [0.15, 0.2) is 24.5 Å². The van der Waals surface area contributed by atoms with Crippen molar-refractivity contribution < 1.29 is 9.53 Å². The van der Waals surface area contributed by atoms with Crippen molar-refractivity contribution in [3.63, 3.8) is 0 Å². The molecule has 0 radical (unpaired) electrons. The van der Waals surface area contributed by atoms with E-state index < -0.39 is 0 Å². The molecule has 134 valence electrons. The molecule has 0 spiro atoms. The van der Waals surface area contributed by atoms with Crippen LogP contribution in [0.1, 0.15) is 33.7 Å². The molecule has 1 N–H and O–H groups in total. The average molecular weight is 369 g/mol. The molecule has 3 aromatic rings. The van der Waals surface area contributed by atoms with Crippen LogP contribution >= 0.6 is 11.3 Å². The Labute approximate surface area is 155 Å². The van der Waals surface area contributed by atoms with E-state index in [2.05, 4.69) is 25.5 Å². The quantitative estimate of drug-likeness (QED) is 0.741. The summed E-state index contributed by atoms with van der Waals surface area (Å²) < 4.78 is 5.43. The fraction of sp³-hybridized carbons (Fsp3) is 0.278. The molecule has 3 rings (SSSR count). The van der Waals surface area contributed by atoms with Gasteiger partial charge in [0.15, 0.2) is 0 Å². The summed E-state index contributed by atoms with van der Waals surface area (Å²) in [7, 11) is 1.58. The second kappa shape index (κ2) is 7.57. The number of ether oxygens (including phenoxy) is 1. The van der Waals surface area contributed by atoms with Gasteiger partial charge in [0.25, 0.3) is 5.91 Å². The van der Waals surface area contributed by atoms with Gasteiger partial charge >= 0.3 is 0 Å². The van der Waals surface area contributed by atoms with Crippen molar-refractivity contribution in [2.45, 2.75) is 27.2 Å². The van der Waals surface area contributed by atoms with Crippen molar-refractivity contribution in [1.29, 1.82) is 0 Å². The Morgan fingerprint density at radius 1 is 1.12 bits per heavy atom. The van der Waals surface area contributed by atoms with Gasteiger partial charge in [-0.05, 0) is 32.4 Å². The molecular formula is C18H19N5O2S. The Kier molecular flexibility index (Phi) is 5.22. The van der Waals surface area contributed by atoms with Crippen LogP contribution < -0.4 is 10.1 Å². The number of anilines is 1. The average Bonchev–Trinajstić information content (AvgIpc) is 3.09. The van der Waals surface area contributed by atoms with Gasteiger partial charge in [0.2, 0.25) is 5.13 Å². The molecule has 0 aliphatic carbocycles. The monoisotopic (exact) mass is 369 g/mol. The third-order valence-electron chi connectivity index (χ3n) is 3.79. The van der Waals surface area contributed by atoms with Crippen LogP contribution in [0.2, 0.25) is 0 Å². The minimum atomic E-state index is -0.289. The lowest BCUT2D eigenvalue weighted by Crippen LogP contribution is -2.14. The Hall–Kier alpha value is -2.87. The van der Waals surface area contributed by atoms with Crippen LogP contribution in [0.5, 0.6) is 5.75 Å². The third kappa shape index (κ3) is 3.70. The Bertz CT molecular complexity index is 955. The number of nitrogens with zero attached hydrogens (tertiary/aromatic N) is 4. The molecule has 7 nitrogen and oxygen atoms in total. The lowest BCUT2D eigenvalue weighted by molar-refractivity contribution is 0.102. The number of nitrogens with one attached hydrogen (secondary N) is 1. The first-order chi connectivity index (χ1) is 12.5. The number of aryl methyl sites for hydroxylation is 3. The van der Waals surface area contributed by atoms with Gasteiger partial charge in [0.1, 0.15) is 10.8 Å². The molecule has 0 saturated carbocycles. The highest BCUT2D eigenvalue weighted by molar-refractivity contribution is 7.15. The molecule has 0 aromatic carbocycles. The maximum atomic E-state index is 12.8. The molecule has 3 aromatic heterocycles. The van der Waals surface area contributed by atoms with Gasteiger partial charge in [0, 0.05) is 28.7 Å².